The van der Waals surface area contributed by atoms with E-state index in [4.69, 9.17) is 4.42 Å². The first-order valence-corrected chi connectivity index (χ1v) is 8.03. The molecule has 0 atom stereocenters. The molecule has 7 heteroatoms. The Bertz CT molecular complexity index is 493. The number of hydrogen-bond acceptors (Lipinski definition) is 5. The highest BCUT2D eigenvalue weighted by atomic mass is 16.3. The lowest BCUT2D eigenvalue weighted by Crippen LogP contribution is -2.49. The lowest BCUT2D eigenvalue weighted by Gasteiger charge is -2.34. The highest BCUT2D eigenvalue weighted by Gasteiger charge is 2.23. The zero-order chi connectivity index (χ0) is 16.7. The Balaban J connectivity index is 1.63. The number of piperazine rings is 1. The number of hydrogen-bond donors (Lipinski definition) is 1. The minimum absolute atomic E-state index is 0.0592. The van der Waals surface area contributed by atoms with E-state index in [0.717, 1.165) is 26.2 Å². The first kappa shape index (κ1) is 17.5. The Kier molecular flexibility index (Phi) is 6.61. The van der Waals surface area contributed by atoms with Gasteiger partial charge in [0.05, 0.1) is 6.26 Å². The van der Waals surface area contributed by atoms with Crippen LogP contribution in [0, 0.1) is 0 Å². The second kappa shape index (κ2) is 8.69. The van der Waals surface area contributed by atoms with Crippen LogP contribution in [0.2, 0.25) is 0 Å². The molecule has 0 spiro atoms. The van der Waals surface area contributed by atoms with Crippen LogP contribution in [0.3, 0.4) is 0 Å². The van der Waals surface area contributed by atoms with Crippen molar-refractivity contribution in [2.75, 3.05) is 59.9 Å². The lowest BCUT2D eigenvalue weighted by molar-refractivity contribution is -0.121. The molecule has 1 aromatic rings. The van der Waals surface area contributed by atoms with Gasteiger partial charge in [0, 0.05) is 52.2 Å². The third kappa shape index (κ3) is 5.69. The van der Waals surface area contributed by atoms with E-state index in [0.29, 0.717) is 31.8 Å². The highest BCUT2D eigenvalue weighted by molar-refractivity contribution is 5.91. The van der Waals surface area contributed by atoms with Crippen LogP contribution in [0.25, 0.3) is 0 Å². The van der Waals surface area contributed by atoms with Crippen LogP contribution in [0.1, 0.15) is 17.0 Å². The van der Waals surface area contributed by atoms with E-state index in [1.54, 1.807) is 17.0 Å². The number of nitrogens with zero attached hydrogens (tertiary/aromatic N) is 3. The number of carbonyl (C=O) groups excluding carboxylic acids is 2. The predicted octanol–water partition coefficient (Wildman–Crippen LogP) is 0.105. The maximum atomic E-state index is 12.2. The third-order valence-electron chi connectivity index (χ3n) is 3.93. The number of furan rings is 1. The van der Waals surface area contributed by atoms with Crippen LogP contribution >= 0.6 is 0 Å². The van der Waals surface area contributed by atoms with Gasteiger partial charge in [0.15, 0.2) is 5.76 Å². The summed E-state index contributed by atoms with van der Waals surface area (Å²) < 4.78 is 5.15. The fourth-order valence-electron chi connectivity index (χ4n) is 2.50. The molecule has 1 aliphatic rings. The molecule has 0 unspecified atom stereocenters. The van der Waals surface area contributed by atoms with Crippen molar-refractivity contribution in [2.24, 2.45) is 0 Å². The number of likely N-dealkylation sites (N-methyl/N-ethyl adjacent to an activating group) is 1. The molecule has 0 radical (unpaired) electrons. The van der Waals surface area contributed by atoms with Gasteiger partial charge in [0.25, 0.3) is 5.91 Å². The Labute approximate surface area is 137 Å². The number of rotatable bonds is 7. The summed E-state index contributed by atoms with van der Waals surface area (Å²) in [5.41, 5.74) is 0. The largest absolute Gasteiger partial charge is 0.459 e. The van der Waals surface area contributed by atoms with Gasteiger partial charge in [-0.25, -0.2) is 0 Å². The molecule has 2 rings (SSSR count). The molecule has 128 valence electrons. The predicted molar refractivity (Wildman–Crippen MR) is 87.2 cm³/mol. The van der Waals surface area contributed by atoms with Gasteiger partial charge >= 0.3 is 0 Å². The van der Waals surface area contributed by atoms with E-state index in [-0.39, 0.29) is 11.8 Å². The van der Waals surface area contributed by atoms with E-state index >= 15 is 0 Å². The third-order valence-corrected chi connectivity index (χ3v) is 3.93. The monoisotopic (exact) mass is 322 g/mol. The zero-order valence-electron chi connectivity index (χ0n) is 14.0. The number of carbonyl (C=O) groups is 2. The summed E-state index contributed by atoms with van der Waals surface area (Å²) in [5, 5.41) is 2.91. The van der Waals surface area contributed by atoms with Crippen molar-refractivity contribution in [1.29, 1.82) is 0 Å². The smallest absolute Gasteiger partial charge is 0.289 e. The zero-order valence-corrected chi connectivity index (χ0v) is 14.0. The quantitative estimate of drug-likeness (QED) is 0.771. The lowest BCUT2D eigenvalue weighted by atomic mass is 10.2. The highest BCUT2D eigenvalue weighted by Crippen LogP contribution is 2.09. The van der Waals surface area contributed by atoms with Gasteiger partial charge in [0.1, 0.15) is 0 Å². The average molecular weight is 322 g/mol. The molecule has 1 fully saturated rings. The molecule has 0 saturated carbocycles. The van der Waals surface area contributed by atoms with Crippen LogP contribution in [-0.2, 0) is 4.79 Å². The molecule has 23 heavy (non-hydrogen) atoms. The Hall–Kier alpha value is -1.86. The van der Waals surface area contributed by atoms with E-state index in [2.05, 4.69) is 10.2 Å². The summed E-state index contributed by atoms with van der Waals surface area (Å²) in [5.74, 6) is 0.413. The minimum Gasteiger partial charge on any atom is -0.459 e. The van der Waals surface area contributed by atoms with Crippen molar-refractivity contribution in [3.63, 3.8) is 0 Å². The Morgan fingerprint density at radius 3 is 2.61 bits per heavy atom. The van der Waals surface area contributed by atoms with Crippen LogP contribution < -0.4 is 5.32 Å². The topological polar surface area (TPSA) is 69.0 Å². The SMILES string of the molecule is CN(C)CCNC(=O)CCN1CCN(C(=O)c2ccco2)CC1. The van der Waals surface area contributed by atoms with Crippen molar-refractivity contribution < 1.29 is 14.0 Å². The molecule has 0 aliphatic carbocycles. The standard InChI is InChI=1S/C16H26N4O3/c1-18(2)8-6-17-15(21)5-7-19-9-11-20(12-10-19)16(22)14-4-3-13-23-14/h3-4,13H,5-12H2,1-2H3,(H,17,21). The van der Waals surface area contributed by atoms with Crippen molar-refractivity contribution in [3.8, 4) is 0 Å². The number of nitrogens with one attached hydrogen (secondary N) is 1. The summed E-state index contributed by atoms with van der Waals surface area (Å²) in [6.07, 6.45) is 2.01. The van der Waals surface area contributed by atoms with E-state index < -0.39 is 0 Å². The van der Waals surface area contributed by atoms with Gasteiger partial charge in [-0.05, 0) is 26.2 Å². The van der Waals surface area contributed by atoms with Crippen LogP contribution in [0.5, 0.6) is 0 Å². The number of amides is 2. The fraction of sp³-hybridized carbons (Fsp3) is 0.625. The molecule has 1 aromatic heterocycles. The molecule has 1 saturated heterocycles. The molecule has 1 N–H and O–H groups in total. The molecule has 1 aliphatic heterocycles. The van der Waals surface area contributed by atoms with Gasteiger partial charge in [-0.1, -0.05) is 0 Å². The van der Waals surface area contributed by atoms with Crippen molar-refractivity contribution in [3.05, 3.63) is 24.2 Å². The Morgan fingerprint density at radius 1 is 1.26 bits per heavy atom. The maximum Gasteiger partial charge on any atom is 0.289 e. The second-order valence-corrected chi connectivity index (χ2v) is 6.01. The summed E-state index contributed by atoms with van der Waals surface area (Å²) in [6, 6.07) is 3.41. The minimum atomic E-state index is -0.0592. The molecular formula is C16H26N4O3. The molecule has 0 bridgehead atoms. The van der Waals surface area contributed by atoms with Gasteiger partial charge in [-0.15, -0.1) is 0 Å². The van der Waals surface area contributed by atoms with Gasteiger partial charge in [-0.2, -0.15) is 0 Å². The van der Waals surface area contributed by atoms with Crippen molar-refractivity contribution >= 4 is 11.8 Å². The Morgan fingerprint density at radius 2 is 2.00 bits per heavy atom. The average Bonchev–Trinajstić information content (AvgIpc) is 3.07. The summed E-state index contributed by atoms with van der Waals surface area (Å²) in [6.45, 7) is 5.17. The van der Waals surface area contributed by atoms with Crippen molar-refractivity contribution in [2.45, 2.75) is 6.42 Å². The van der Waals surface area contributed by atoms with E-state index in [1.165, 1.54) is 6.26 Å². The fourth-order valence-corrected chi connectivity index (χ4v) is 2.50. The summed E-state index contributed by atoms with van der Waals surface area (Å²) in [4.78, 5) is 30.0. The molecule has 2 heterocycles. The molecule has 7 nitrogen and oxygen atoms in total. The first-order chi connectivity index (χ1) is 11.1. The maximum absolute atomic E-state index is 12.2. The van der Waals surface area contributed by atoms with Gasteiger partial charge < -0.3 is 19.5 Å². The molecule has 0 aromatic carbocycles. The van der Waals surface area contributed by atoms with Gasteiger partial charge in [-0.3, -0.25) is 14.5 Å². The van der Waals surface area contributed by atoms with Gasteiger partial charge in [0.2, 0.25) is 5.91 Å². The van der Waals surface area contributed by atoms with Crippen LogP contribution in [-0.4, -0.2) is 86.4 Å². The molecular weight excluding hydrogens is 296 g/mol. The summed E-state index contributed by atoms with van der Waals surface area (Å²) in [7, 11) is 3.96. The van der Waals surface area contributed by atoms with E-state index in [1.807, 2.05) is 19.0 Å². The van der Waals surface area contributed by atoms with Crippen LogP contribution in [0.15, 0.2) is 22.8 Å². The molecule has 2 amide bonds. The normalized spacial score (nSPS) is 15.9. The van der Waals surface area contributed by atoms with Crippen molar-refractivity contribution in [1.82, 2.24) is 20.0 Å². The summed E-state index contributed by atoms with van der Waals surface area (Å²) >= 11 is 0. The first-order valence-electron chi connectivity index (χ1n) is 8.03. The van der Waals surface area contributed by atoms with E-state index in [9.17, 15) is 9.59 Å². The van der Waals surface area contributed by atoms with Crippen LogP contribution in [0.4, 0.5) is 0 Å². The second-order valence-electron chi connectivity index (χ2n) is 6.01.